The second kappa shape index (κ2) is 11.1. The molecule has 0 unspecified atom stereocenters. The first-order chi connectivity index (χ1) is 9.68. The van der Waals surface area contributed by atoms with Crippen LogP contribution < -0.4 is 0 Å². The lowest BCUT2D eigenvalue weighted by molar-refractivity contribution is 0.673. The molecular weight excluding hydrogens is 283 g/mol. The molecule has 0 N–H and O–H groups in total. The minimum Gasteiger partial charge on any atom is -0.144 e. The maximum absolute atomic E-state index is 2.73. The quantitative estimate of drug-likeness (QED) is 0.281. The Kier molecular flexibility index (Phi) is 11.3. The molecule has 0 aliphatic rings. The molecule has 0 saturated heterocycles. The van der Waals surface area contributed by atoms with E-state index >= 15 is 0 Å². The molecule has 0 radical (unpaired) electrons. The van der Waals surface area contributed by atoms with Crippen LogP contribution in [0.2, 0.25) is 30.2 Å². The lowest BCUT2D eigenvalue weighted by atomic mass is 10.2. The van der Waals surface area contributed by atoms with Gasteiger partial charge in [-0.1, -0.05) is 95.9 Å². The fourth-order valence-corrected chi connectivity index (χ4v) is 13.2. The van der Waals surface area contributed by atoms with Gasteiger partial charge in [0.05, 0.1) is 8.07 Å². The second-order valence-corrected chi connectivity index (χ2v) is 17.3. The van der Waals surface area contributed by atoms with Gasteiger partial charge in [0.15, 0.2) is 0 Å². The molecule has 0 saturated carbocycles. The Morgan fingerprint density at radius 3 is 1.81 bits per heavy atom. The van der Waals surface area contributed by atoms with E-state index in [1.807, 2.05) is 4.06 Å². The van der Waals surface area contributed by atoms with Gasteiger partial charge in [0.1, 0.15) is 0 Å². The number of hydrogen-bond donors (Lipinski definition) is 0. The molecule has 0 spiro atoms. The fraction of sp³-hybridized carbons (Fsp3) is 0.895. The van der Waals surface area contributed by atoms with Crippen LogP contribution in [0.15, 0.2) is 10.1 Å². The van der Waals surface area contributed by atoms with Crippen molar-refractivity contribution in [3.05, 3.63) is 10.1 Å². The van der Waals surface area contributed by atoms with E-state index in [1.54, 1.807) is 0 Å². The lowest BCUT2D eigenvalue weighted by Crippen LogP contribution is -2.36. The molecule has 21 heavy (non-hydrogen) atoms. The molecule has 124 valence electrons. The number of rotatable bonds is 11. The van der Waals surface area contributed by atoms with Crippen molar-refractivity contribution in [2.75, 3.05) is 0 Å². The summed E-state index contributed by atoms with van der Waals surface area (Å²) in [5.41, 5.74) is 0. The molecule has 0 aromatic carbocycles. The van der Waals surface area contributed by atoms with E-state index in [1.165, 1.54) is 42.7 Å². The van der Waals surface area contributed by atoms with E-state index in [0.717, 1.165) is 11.8 Å². The van der Waals surface area contributed by atoms with Crippen molar-refractivity contribution in [1.82, 2.24) is 0 Å². The Bertz CT molecular complexity index is 276. The molecule has 0 aromatic rings. The average Bonchev–Trinajstić information content (AvgIpc) is 2.30. The first-order valence-corrected chi connectivity index (χ1v) is 15.1. The van der Waals surface area contributed by atoms with E-state index in [-0.39, 0.29) is 0 Å². The minimum absolute atomic E-state index is 0.725. The Balaban J connectivity index is 4.92. The van der Waals surface area contributed by atoms with Crippen LogP contribution in [0.1, 0.15) is 66.7 Å². The van der Waals surface area contributed by atoms with Crippen LogP contribution in [0.25, 0.3) is 0 Å². The number of unbranched alkanes of at least 4 members (excludes halogenated alkanes) is 4. The van der Waals surface area contributed by atoms with Crippen molar-refractivity contribution in [3.8, 4) is 0 Å². The highest BCUT2D eigenvalue weighted by atomic mass is 28.3. The van der Waals surface area contributed by atoms with E-state index in [9.17, 15) is 0 Å². The van der Waals surface area contributed by atoms with Crippen LogP contribution >= 0.6 is 0 Å². The third-order valence-electron chi connectivity index (χ3n) is 4.24. The highest BCUT2D eigenvalue weighted by Crippen LogP contribution is 2.28. The molecular formula is C19H41AlSi. The first kappa shape index (κ1) is 21.5. The summed E-state index contributed by atoms with van der Waals surface area (Å²) in [5.74, 6) is 1.75. The Labute approximate surface area is 141 Å². The zero-order chi connectivity index (χ0) is 16.5. The number of allylic oxidation sites excluding steroid dienone is 1. The topological polar surface area (TPSA) is 0 Å². The van der Waals surface area contributed by atoms with E-state index in [2.05, 4.69) is 60.3 Å². The summed E-state index contributed by atoms with van der Waals surface area (Å²) >= 11 is -0.725. The molecule has 0 rings (SSSR count). The maximum Gasteiger partial charge on any atom is 0.294 e. The highest BCUT2D eigenvalue weighted by Gasteiger charge is 2.31. The first-order valence-electron chi connectivity index (χ1n) is 9.39. The van der Waals surface area contributed by atoms with Gasteiger partial charge in [-0.05, 0) is 12.8 Å². The van der Waals surface area contributed by atoms with Crippen LogP contribution in [-0.2, 0) is 0 Å². The van der Waals surface area contributed by atoms with Crippen LogP contribution in [0.5, 0.6) is 0 Å². The predicted octanol–water partition coefficient (Wildman–Crippen LogP) is 7.11. The van der Waals surface area contributed by atoms with Crippen LogP contribution in [0.4, 0.5) is 0 Å². The van der Waals surface area contributed by atoms with Crippen molar-refractivity contribution in [1.29, 1.82) is 0 Å². The summed E-state index contributed by atoms with van der Waals surface area (Å²) in [5, 5.41) is 3.03. The van der Waals surface area contributed by atoms with Crippen LogP contribution in [0, 0.1) is 11.8 Å². The van der Waals surface area contributed by atoms with Gasteiger partial charge in [-0.2, -0.15) is 0 Å². The fourth-order valence-electron chi connectivity index (χ4n) is 3.40. The monoisotopic (exact) mass is 324 g/mol. The predicted molar refractivity (Wildman–Crippen MR) is 105 cm³/mol. The molecule has 0 atom stereocenters. The average molecular weight is 325 g/mol. The Morgan fingerprint density at radius 2 is 1.43 bits per heavy atom. The molecule has 0 heterocycles. The van der Waals surface area contributed by atoms with Gasteiger partial charge >= 0.3 is 0 Å². The zero-order valence-corrected chi connectivity index (χ0v) is 18.4. The third kappa shape index (κ3) is 10.8. The molecule has 0 aromatic heterocycles. The Morgan fingerprint density at radius 1 is 0.905 bits per heavy atom. The lowest BCUT2D eigenvalue weighted by Gasteiger charge is -2.29. The molecule has 2 heteroatoms. The van der Waals surface area contributed by atoms with Gasteiger partial charge in [0.25, 0.3) is 14.1 Å². The summed E-state index contributed by atoms with van der Waals surface area (Å²) < 4.78 is 2.00. The Hall–Kier alpha value is 0.489. The summed E-state index contributed by atoms with van der Waals surface area (Å²) in [6.45, 7) is 19.7. The molecule has 0 aliphatic carbocycles. The SMILES string of the molecule is CCCCCC/C=[C](/[Al]([CH2]C(C)C)[CH2]C(C)C)[Si](C)(C)C. The van der Waals surface area contributed by atoms with Gasteiger partial charge in [0, 0.05) is 0 Å². The minimum atomic E-state index is -1.13. The van der Waals surface area contributed by atoms with E-state index in [0.29, 0.717) is 0 Å². The van der Waals surface area contributed by atoms with Crippen molar-refractivity contribution < 1.29 is 0 Å². The van der Waals surface area contributed by atoms with Crippen LogP contribution in [-0.4, -0.2) is 22.2 Å². The standard InChI is InChI=1S/C11H23Si.2C4H9.Al/c1-5-6-7-8-9-10-11-12(2,3)4;2*1-4(2)3;/h10H,5-9H2,1-4H3;2*4H,1H2,2-3H3;. The highest BCUT2D eigenvalue weighted by molar-refractivity contribution is 6.98. The van der Waals surface area contributed by atoms with Crippen molar-refractivity contribution in [2.45, 2.75) is 96.9 Å². The van der Waals surface area contributed by atoms with Crippen molar-refractivity contribution in [3.63, 3.8) is 0 Å². The molecule has 0 nitrogen and oxygen atoms in total. The van der Waals surface area contributed by atoms with Crippen LogP contribution in [0.3, 0.4) is 0 Å². The smallest absolute Gasteiger partial charge is 0.144 e. The van der Waals surface area contributed by atoms with E-state index in [4.69, 9.17) is 0 Å². The summed E-state index contributed by atoms with van der Waals surface area (Å²) in [6.07, 6.45) is 9.67. The zero-order valence-electron chi connectivity index (χ0n) is 16.3. The number of hydrogen-bond acceptors (Lipinski definition) is 0. The summed E-state index contributed by atoms with van der Waals surface area (Å²) in [6, 6.07) is 0. The van der Waals surface area contributed by atoms with Gasteiger partial charge in [0.2, 0.25) is 0 Å². The maximum atomic E-state index is 2.73. The molecule has 0 fully saturated rings. The van der Waals surface area contributed by atoms with Crippen molar-refractivity contribution in [2.24, 2.45) is 11.8 Å². The molecule has 0 aliphatic heterocycles. The second-order valence-electron chi connectivity index (χ2n) is 8.71. The molecule has 0 bridgehead atoms. The van der Waals surface area contributed by atoms with E-state index < -0.39 is 22.2 Å². The summed E-state index contributed by atoms with van der Waals surface area (Å²) in [4.78, 5) is 0. The van der Waals surface area contributed by atoms with Crippen molar-refractivity contribution >= 4 is 22.2 Å². The van der Waals surface area contributed by atoms with Gasteiger partial charge in [-0.3, -0.25) is 0 Å². The normalized spacial score (nSPS) is 13.3. The van der Waals surface area contributed by atoms with Gasteiger partial charge in [-0.25, -0.2) is 0 Å². The van der Waals surface area contributed by atoms with Gasteiger partial charge in [-0.15, -0.1) is 10.1 Å². The van der Waals surface area contributed by atoms with Gasteiger partial charge < -0.3 is 0 Å². The summed E-state index contributed by atoms with van der Waals surface area (Å²) in [7, 11) is -1.13. The third-order valence-corrected chi connectivity index (χ3v) is 14.1. The molecule has 0 amide bonds. The largest absolute Gasteiger partial charge is 0.294 e.